The number of anilines is 1. The Balaban J connectivity index is 2.00. The van der Waals surface area contributed by atoms with Crippen molar-refractivity contribution in [2.24, 2.45) is 0 Å². The van der Waals surface area contributed by atoms with Crippen LogP contribution in [0.25, 0.3) is 0 Å². The number of rotatable bonds is 4. The second-order valence-electron chi connectivity index (χ2n) is 5.85. The van der Waals surface area contributed by atoms with Crippen LogP contribution in [-0.2, 0) is 20.7 Å². The van der Waals surface area contributed by atoms with Crippen LogP contribution in [0.5, 0.6) is 0 Å². The Labute approximate surface area is 158 Å². The van der Waals surface area contributed by atoms with Gasteiger partial charge in [-0.3, -0.25) is 9.59 Å². The molecule has 0 fully saturated rings. The Morgan fingerprint density at radius 3 is 2.46 bits per heavy atom. The van der Waals surface area contributed by atoms with Crippen molar-refractivity contribution in [2.45, 2.75) is 32.6 Å². The molecule has 0 radical (unpaired) electrons. The highest BCUT2D eigenvalue weighted by atomic mass is 32.1. The van der Waals surface area contributed by atoms with Gasteiger partial charge < -0.3 is 14.8 Å². The van der Waals surface area contributed by atoms with Gasteiger partial charge in [0, 0.05) is 4.88 Å². The summed E-state index contributed by atoms with van der Waals surface area (Å²) < 4.78 is 9.75. The van der Waals surface area contributed by atoms with Crippen molar-refractivity contribution >= 4 is 45.5 Å². The van der Waals surface area contributed by atoms with Crippen molar-refractivity contribution in [3.63, 3.8) is 0 Å². The molecule has 0 saturated carbocycles. The highest BCUT2D eigenvalue weighted by molar-refractivity contribution is 7.17. The first-order valence-corrected chi connectivity index (χ1v) is 9.57. The number of methoxy groups -OCH3 is 2. The molecule has 0 bridgehead atoms. The molecule has 138 valence electrons. The maximum Gasteiger partial charge on any atom is 0.341 e. The van der Waals surface area contributed by atoms with Gasteiger partial charge in [-0.15, -0.1) is 22.7 Å². The second-order valence-corrected chi connectivity index (χ2v) is 8.16. The predicted molar refractivity (Wildman–Crippen MR) is 98.3 cm³/mol. The number of hydrogen-bond acceptors (Lipinski definition) is 8. The molecule has 9 heteroatoms. The Morgan fingerprint density at radius 1 is 1.15 bits per heavy atom. The highest BCUT2D eigenvalue weighted by Gasteiger charge is 2.38. The molecule has 1 amide bonds. The zero-order valence-corrected chi connectivity index (χ0v) is 16.4. The molecule has 0 aromatic carbocycles. The van der Waals surface area contributed by atoms with Crippen LogP contribution < -0.4 is 5.32 Å². The summed E-state index contributed by atoms with van der Waals surface area (Å²) >= 11 is 2.60. The van der Waals surface area contributed by atoms with Crippen LogP contribution in [0.3, 0.4) is 0 Å². The van der Waals surface area contributed by atoms with E-state index in [2.05, 4.69) is 10.3 Å². The van der Waals surface area contributed by atoms with E-state index < -0.39 is 17.9 Å². The van der Waals surface area contributed by atoms with E-state index in [-0.39, 0.29) is 11.5 Å². The van der Waals surface area contributed by atoms with Crippen LogP contribution in [0, 0.1) is 13.8 Å². The third-order valence-electron chi connectivity index (χ3n) is 4.24. The largest absolute Gasteiger partial charge is 0.469 e. The SMILES string of the molecule is COC(=O)c1c(NC(=O)c2sc(C)nc2C)sc2c1C(C(=O)OC)CC2. The number of hydrogen-bond donors (Lipinski definition) is 1. The van der Waals surface area contributed by atoms with Gasteiger partial charge >= 0.3 is 11.9 Å². The smallest absolute Gasteiger partial charge is 0.341 e. The first-order chi connectivity index (χ1) is 12.4. The van der Waals surface area contributed by atoms with Gasteiger partial charge in [0.05, 0.1) is 36.4 Å². The molecule has 0 spiro atoms. The monoisotopic (exact) mass is 394 g/mol. The third kappa shape index (κ3) is 3.12. The fourth-order valence-corrected chi connectivity index (χ4v) is 5.21. The minimum absolute atomic E-state index is 0.243. The molecule has 3 rings (SSSR count). The predicted octanol–water partition coefficient (Wildman–Crippen LogP) is 3.06. The summed E-state index contributed by atoms with van der Waals surface area (Å²) in [5.41, 5.74) is 1.50. The molecule has 0 saturated heterocycles. The van der Waals surface area contributed by atoms with Crippen LogP contribution in [0.15, 0.2) is 0 Å². The normalized spacial score (nSPS) is 15.5. The van der Waals surface area contributed by atoms with Crippen molar-refractivity contribution in [3.05, 3.63) is 31.6 Å². The highest BCUT2D eigenvalue weighted by Crippen LogP contribution is 2.46. The summed E-state index contributed by atoms with van der Waals surface area (Å²) in [5.74, 6) is -1.81. The number of aryl methyl sites for hydroxylation is 3. The lowest BCUT2D eigenvalue weighted by Gasteiger charge is -2.11. The van der Waals surface area contributed by atoms with E-state index in [1.54, 1.807) is 6.92 Å². The average molecular weight is 394 g/mol. The molecule has 2 heterocycles. The zero-order chi connectivity index (χ0) is 19.0. The molecule has 1 atom stereocenters. The minimum Gasteiger partial charge on any atom is -0.469 e. The lowest BCUT2D eigenvalue weighted by Crippen LogP contribution is -2.17. The van der Waals surface area contributed by atoms with E-state index in [1.165, 1.54) is 36.9 Å². The Kier molecular flexibility index (Phi) is 5.10. The number of thiazole rings is 1. The maximum absolute atomic E-state index is 12.6. The summed E-state index contributed by atoms with van der Waals surface area (Å²) in [6.07, 6.45) is 1.23. The summed E-state index contributed by atoms with van der Waals surface area (Å²) in [6.45, 7) is 3.59. The van der Waals surface area contributed by atoms with E-state index in [0.717, 1.165) is 9.88 Å². The van der Waals surface area contributed by atoms with Gasteiger partial charge in [0.2, 0.25) is 0 Å². The topological polar surface area (TPSA) is 94.6 Å². The van der Waals surface area contributed by atoms with Crippen LogP contribution >= 0.6 is 22.7 Å². The first-order valence-electron chi connectivity index (χ1n) is 7.94. The van der Waals surface area contributed by atoms with Gasteiger partial charge in [0.1, 0.15) is 9.88 Å². The molecule has 7 nitrogen and oxygen atoms in total. The van der Waals surface area contributed by atoms with Crippen molar-refractivity contribution in [1.82, 2.24) is 4.98 Å². The van der Waals surface area contributed by atoms with Crippen molar-refractivity contribution in [3.8, 4) is 0 Å². The second kappa shape index (κ2) is 7.16. The molecule has 2 aromatic rings. The number of nitrogens with one attached hydrogen (secondary N) is 1. The fourth-order valence-electron chi connectivity index (χ4n) is 3.14. The molecule has 1 unspecified atom stereocenters. The number of thiophene rings is 1. The number of esters is 2. The molecule has 1 N–H and O–H groups in total. The van der Waals surface area contributed by atoms with Gasteiger partial charge in [-0.2, -0.15) is 0 Å². The molecule has 2 aromatic heterocycles. The standard InChI is InChI=1S/C17H18N2O5S2/c1-7-13(25-8(2)18-7)14(20)19-15-12(17(22)24-4)11-9(16(21)23-3)5-6-10(11)26-15/h9H,5-6H2,1-4H3,(H,19,20). The minimum atomic E-state index is -0.578. The molecular weight excluding hydrogens is 376 g/mol. The van der Waals surface area contributed by atoms with E-state index in [4.69, 9.17) is 9.47 Å². The van der Waals surface area contributed by atoms with Crippen LogP contribution in [0.2, 0.25) is 0 Å². The number of nitrogens with zero attached hydrogens (tertiary/aromatic N) is 1. The molecule has 1 aliphatic carbocycles. The summed E-state index contributed by atoms with van der Waals surface area (Å²) in [7, 11) is 2.60. The zero-order valence-electron chi connectivity index (χ0n) is 14.8. The number of amides is 1. The lowest BCUT2D eigenvalue weighted by molar-refractivity contribution is -0.142. The quantitative estimate of drug-likeness (QED) is 0.801. The van der Waals surface area contributed by atoms with E-state index in [9.17, 15) is 14.4 Å². The number of carbonyl (C=O) groups is 3. The van der Waals surface area contributed by atoms with Crippen molar-refractivity contribution < 1.29 is 23.9 Å². The third-order valence-corrected chi connectivity index (χ3v) is 6.50. The van der Waals surface area contributed by atoms with Gasteiger partial charge in [-0.25, -0.2) is 9.78 Å². The van der Waals surface area contributed by atoms with E-state index in [0.29, 0.717) is 34.0 Å². The summed E-state index contributed by atoms with van der Waals surface area (Å²) in [6, 6.07) is 0. The van der Waals surface area contributed by atoms with Gasteiger partial charge in [-0.1, -0.05) is 0 Å². The summed E-state index contributed by atoms with van der Waals surface area (Å²) in [4.78, 5) is 42.7. The Morgan fingerprint density at radius 2 is 1.88 bits per heavy atom. The fraction of sp³-hybridized carbons (Fsp3) is 0.412. The van der Waals surface area contributed by atoms with Gasteiger partial charge in [0.25, 0.3) is 5.91 Å². The Hall–Kier alpha value is -2.26. The summed E-state index contributed by atoms with van der Waals surface area (Å²) in [5, 5.41) is 3.99. The Bertz CT molecular complexity index is 899. The maximum atomic E-state index is 12.6. The number of carbonyl (C=O) groups excluding carboxylic acids is 3. The molecule has 0 aliphatic heterocycles. The van der Waals surface area contributed by atoms with Crippen LogP contribution in [-0.4, -0.2) is 37.0 Å². The van der Waals surface area contributed by atoms with Gasteiger partial charge in [0.15, 0.2) is 0 Å². The number of aromatic nitrogens is 1. The first kappa shape index (κ1) is 18.5. The van der Waals surface area contributed by atoms with Crippen LogP contribution in [0.4, 0.5) is 5.00 Å². The average Bonchev–Trinajstić information content (AvgIpc) is 3.26. The number of fused-ring (bicyclic) bond motifs is 1. The van der Waals surface area contributed by atoms with E-state index >= 15 is 0 Å². The lowest BCUT2D eigenvalue weighted by atomic mass is 9.99. The molecule has 26 heavy (non-hydrogen) atoms. The molecule has 1 aliphatic rings. The van der Waals surface area contributed by atoms with Crippen molar-refractivity contribution in [2.75, 3.05) is 19.5 Å². The molecular formula is C17H18N2O5S2. The van der Waals surface area contributed by atoms with Crippen LogP contribution in [0.1, 0.15) is 53.5 Å². The van der Waals surface area contributed by atoms with E-state index in [1.807, 2.05) is 6.92 Å². The number of ether oxygens (including phenoxy) is 2. The van der Waals surface area contributed by atoms with Crippen molar-refractivity contribution in [1.29, 1.82) is 0 Å². The van der Waals surface area contributed by atoms with Gasteiger partial charge in [-0.05, 0) is 32.3 Å².